The average Bonchev–Trinajstić information content (AvgIpc) is 2.48. The molecular formula is C16H10FNO2. The van der Waals surface area contributed by atoms with E-state index >= 15 is 0 Å². The first-order chi connectivity index (χ1) is 9.66. The standard InChI is InChI=1S/C16H10FNO2/c17-11-7-5-10(6-8-11)15(19)13-9-18-14-4-2-1-3-12(14)16(13)20/h1-9H,(H,18,20). The molecular weight excluding hydrogens is 257 g/mol. The SMILES string of the molecule is O=C(c1ccc(F)cc1)c1c[nH]c2ccccc2c1=O. The van der Waals surface area contributed by atoms with Gasteiger partial charge < -0.3 is 4.98 Å². The number of nitrogens with one attached hydrogen (secondary N) is 1. The lowest BCUT2D eigenvalue weighted by molar-refractivity contribution is 0.103. The molecule has 0 unspecified atom stereocenters. The molecule has 3 nitrogen and oxygen atoms in total. The summed E-state index contributed by atoms with van der Waals surface area (Å²) in [6.07, 6.45) is 1.40. The molecule has 4 heteroatoms. The number of rotatable bonds is 2. The third-order valence-corrected chi connectivity index (χ3v) is 3.14. The first-order valence-corrected chi connectivity index (χ1v) is 6.07. The number of fused-ring (bicyclic) bond motifs is 1. The predicted octanol–water partition coefficient (Wildman–Crippen LogP) is 2.90. The number of hydrogen-bond donors (Lipinski definition) is 1. The predicted molar refractivity (Wildman–Crippen MR) is 74.4 cm³/mol. The lowest BCUT2D eigenvalue weighted by Gasteiger charge is -2.03. The van der Waals surface area contributed by atoms with Crippen LogP contribution in [0.15, 0.2) is 59.5 Å². The lowest BCUT2D eigenvalue weighted by Crippen LogP contribution is -2.16. The summed E-state index contributed by atoms with van der Waals surface area (Å²) >= 11 is 0. The highest BCUT2D eigenvalue weighted by molar-refractivity contribution is 6.09. The Labute approximate surface area is 113 Å². The molecule has 0 saturated heterocycles. The Balaban J connectivity index is 2.15. The number of halogens is 1. The molecule has 2 aromatic carbocycles. The number of aromatic nitrogens is 1. The maximum atomic E-state index is 12.9. The molecule has 1 aromatic heterocycles. The van der Waals surface area contributed by atoms with E-state index in [1.54, 1.807) is 24.3 Å². The van der Waals surface area contributed by atoms with Crippen LogP contribution >= 0.6 is 0 Å². The summed E-state index contributed by atoms with van der Waals surface area (Å²) in [5.41, 5.74) is 0.685. The summed E-state index contributed by atoms with van der Waals surface area (Å²) in [7, 11) is 0. The second-order valence-electron chi connectivity index (χ2n) is 4.41. The van der Waals surface area contributed by atoms with Crippen molar-refractivity contribution in [2.45, 2.75) is 0 Å². The van der Waals surface area contributed by atoms with Gasteiger partial charge in [0.05, 0.1) is 5.56 Å². The highest BCUT2D eigenvalue weighted by Crippen LogP contribution is 2.11. The quantitative estimate of drug-likeness (QED) is 0.726. The fourth-order valence-electron chi connectivity index (χ4n) is 2.09. The van der Waals surface area contributed by atoms with Gasteiger partial charge in [0.1, 0.15) is 5.82 Å². The van der Waals surface area contributed by atoms with Crippen molar-refractivity contribution in [3.05, 3.63) is 81.9 Å². The van der Waals surface area contributed by atoms with Gasteiger partial charge in [0.25, 0.3) is 0 Å². The van der Waals surface area contributed by atoms with Gasteiger partial charge in [0, 0.05) is 22.7 Å². The Morgan fingerprint density at radius 2 is 1.70 bits per heavy atom. The van der Waals surface area contributed by atoms with E-state index in [9.17, 15) is 14.0 Å². The molecule has 3 aromatic rings. The van der Waals surface area contributed by atoms with Gasteiger partial charge in [0.15, 0.2) is 5.78 Å². The summed E-state index contributed by atoms with van der Waals surface area (Å²) in [4.78, 5) is 27.5. The minimum atomic E-state index is -0.422. The zero-order valence-electron chi connectivity index (χ0n) is 10.4. The summed E-state index contributed by atoms with van der Waals surface area (Å²) in [5, 5.41) is 0.459. The minimum Gasteiger partial charge on any atom is -0.360 e. The smallest absolute Gasteiger partial charge is 0.200 e. The minimum absolute atomic E-state index is 0.0512. The molecule has 1 heterocycles. The van der Waals surface area contributed by atoms with Gasteiger partial charge in [-0.25, -0.2) is 4.39 Å². The molecule has 3 rings (SSSR count). The van der Waals surface area contributed by atoms with Crippen LogP contribution in [-0.2, 0) is 0 Å². The Bertz CT molecular complexity index is 850. The molecule has 0 aliphatic carbocycles. The monoisotopic (exact) mass is 267 g/mol. The van der Waals surface area contributed by atoms with Gasteiger partial charge in [-0.2, -0.15) is 0 Å². The molecule has 98 valence electrons. The number of ketones is 1. The van der Waals surface area contributed by atoms with Gasteiger partial charge in [-0.15, -0.1) is 0 Å². The molecule has 0 atom stereocenters. The molecule has 1 N–H and O–H groups in total. The van der Waals surface area contributed by atoms with Crippen molar-refractivity contribution in [2.75, 3.05) is 0 Å². The molecule has 0 spiro atoms. The molecule has 0 fully saturated rings. The number of pyridine rings is 1. The third kappa shape index (κ3) is 2.01. The van der Waals surface area contributed by atoms with E-state index in [1.807, 2.05) is 0 Å². The molecule has 20 heavy (non-hydrogen) atoms. The highest BCUT2D eigenvalue weighted by Gasteiger charge is 2.14. The first kappa shape index (κ1) is 12.3. The maximum absolute atomic E-state index is 12.9. The largest absolute Gasteiger partial charge is 0.360 e. The Morgan fingerprint density at radius 1 is 1.00 bits per heavy atom. The zero-order chi connectivity index (χ0) is 14.1. The highest BCUT2D eigenvalue weighted by atomic mass is 19.1. The normalized spacial score (nSPS) is 10.7. The van der Waals surface area contributed by atoms with Gasteiger partial charge >= 0.3 is 0 Å². The van der Waals surface area contributed by atoms with E-state index in [-0.39, 0.29) is 16.6 Å². The number of carbonyl (C=O) groups excluding carboxylic acids is 1. The number of benzene rings is 2. The number of carbonyl (C=O) groups is 1. The number of hydrogen-bond acceptors (Lipinski definition) is 2. The van der Waals surface area contributed by atoms with Gasteiger partial charge in [-0.05, 0) is 36.4 Å². The zero-order valence-corrected chi connectivity index (χ0v) is 10.4. The van der Waals surface area contributed by atoms with E-state index in [4.69, 9.17) is 0 Å². The second-order valence-corrected chi connectivity index (χ2v) is 4.41. The average molecular weight is 267 g/mol. The molecule has 0 aliphatic heterocycles. The van der Waals surface area contributed by atoms with E-state index in [0.717, 1.165) is 0 Å². The fourth-order valence-corrected chi connectivity index (χ4v) is 2.09. The van der Waals surface area contributed by atoms with Crippen LogP contribution < -0.4 is 5.43 Å². The van der Waals surface area contributed by atoms with E-state index in [1.165, 1.54) is 30.5 Å². The van der Waals surface area contributed by atoms with Crippen LogP contribution in [0.5, 0.6) is 0 Å². The fraction of sp³-hybridized carbons (Fsp3) is 0. The van der Waals surface area contributed by atoms with Crippen molar-refractivity contribution in [3.63, 3.8) is 0 Å². The van der Waals surface area contributed by atoms with Crippen LogP contribution in [0, 0.1) is 5.82 Å². The summed E-state index contributed by atoms with van der Waals surface area (Å²) in [6.45, 7) is 0. The summed E-state index contributed by atoms with van der Waals surface area (Å²) in [5.74, 6) is -0.842. The van der Waals surface area contributed by atoms with Crippen molar-refractivity contribution >= 4 is 16.7 Å². The van der Waals surface area contributed by atoms with Gasteiger partial charge in [-0.3, -0.25) is 9.59 Å². The maximum Gasteiger partial charge on any atom is 0.200 e. The van der Waals surface area contributed by atoms with Crippen molar-refractivity contribution < 1.29 is 9.18 Å². The molecule has 0 saturated carbocycles. The van der Waals surface area contributed by atoms with Crippen molar-refractivity contribution in [3.8, 4) is 0 Å². The van der Waals surface area contributed by atoms with E-state index in [0.29, 0.717) is 10.9 Å². The second kappa shape index (κ2) is 4.74. The third-order valence-electron chi connectivity index (χ3n) is 3.14. The van der Waals surface area contributed by atoms with Crippen LogP contribution in [0.1, 0.15) is 15.9 Å². The van der Waals surface area contributed by atoms with Gasteiger partial charge in [-0.1, -0.05) is 12.1 Å². The van der Waals surface area contributed by atoms with Crippen molar-refractivity contribution in [1.29, 1.82) is 0 Å². The first-order valence-electron chi connectivity index (χ1n) is 6.07. The van der Waals surface area contributed by atoms with E-state index in [2.05, 4.69) is 4.98 Å². The van der Waals surface area contributed by atoms with Crippen molar-refractivity contribution in [1.82, 2.24) is 4.98 Å². The number of H-pyrrole nitrogens is 1. The van der Waals surface area contributed by atoms with Crippen molar-refractivity contribution in [2.24, 2.45) is 0 Å². The van der Waals surface area contributed by atoms with E-state index < -0.39 is 11.6 Å². The molecule has 0 amide bonds. The Morgan fingerprint density at radius 3 is 2.45 bits per heavy atom. The molecule has 0 aliphatic rings. The molecule has 0 radical (unpaired) electrons. The van der Waals surface area contributed by atoms with Gasteiger partial charge in [0.2, 0.25) is 5.43 Å². The Kier molecular flexibility index (Phi) is 2.91. The van der Waals surface area contributed by atoms with Crippen LogP contribution in [0.4, 0.5) is 4.39 Å². The summed E-state index contributed by atoms with van der Waals surface area (Å²) in [6, 6.07) is 12.1. The van der Waals surface area contributed by atoms with Crippen LogP contribution in [0.3, 0.4) is 0 Å². The van der Waals surface area contributed by atoms with Crippen LogP contribution in [-0.4, -0.2) is 10.8 Å². The van der Waals surface area contributed by atoms with Crippen LogP contribution in [0.2, 0.25) is 0 Å². The van der Waals surface area contributed by atoms with Crippen LogP contribution in [0.25, 0.3) is 10.9 Å². The Hall–Kier alpha value is -2.75. The topological polar surface area (TPSA) is 49.9 Å². The summed E-state index contributed by atoms with van der Waals surface area (Å²) < 4.78 is 12.9. The number of aromatic amines is 1. The lowest BCUT2D eigenvalue weighted by atomic mass is 10.0. The number of para-hydroxylation sites is 1. The molecule has 0 bridgehead atoms.